The van der Waals surface area contributed by atoms with Crippen LogP contribution in [-0.4, -0.2) is 12.5 Å². The maximum absolute atomic E-state index is 12.3. The number of rotatable bonds is 5. The van der Waals surface area contributed by atoms with Crippen molar-refractivity contribution in [1.82, 2.24) is 5.32 Å². The van der Waals surface area contributed by atoms with Crippen LogP contribution in [-0.2, 0) is 4.79 Å². The van der Waals surface area contributed by atoms with Crippen molar-refractivity contribution in [3.63, 3.8) is 0 Å². The van der Waals surface area contributed by atoms with Crippen molar-refractivity contribution in [3.8, 4) is 0 Å². The Morgan fingerprint density at radius 2 is 1.50 bits per heavy atom. The van der Waals surface area contributed by atoms with Crippen LogP contribution in [0.5, 0.6) is 0 Å². The molecule has 0 radical (unpaired) electrons. The monoisotopic (exact) mass is 268 g/mol. The van der Waals surface area contributed by atoms with E-state index >= 15 is 0 Å². The molecule has 0 saturated heterocycles. The highest BCUT2D eigenvalue weighted by Gasteiger charge is 2.19. The molecule has 2 unspecified atom stereocenters. The van der Waals surface area contributed by atoms with Crippen LogP contribution in [0.1, 0.15) is 30.0 Å². The fourth-order valence-corrected chi connectivity index (χ4v) is 2.15. The molecule has 0 spiro atoms. The lowest BCUT2D eigenvalue weighted by Gasteiger charge is -2.20. The minimum atomic E-state index is -0.186. The van der Waals surface area contributed by atoms with Gasteiger partial charge >= 0.3 is 0 Å². The summed E-state index contributed by atoms with van der Waals surface area (Å²) in [6.07, 6.45) is 0. The normalized spacial score (nSPS) is 13.5. The standard InChI is InChI=1S/C17H20N2O/c1-13(14-8-4-2-5-9-14)17(20)19-16(12-18)15-10-6-3-7-11-15/h2-11,13,16H,12,18H2,1H3,(H,19,20). The summed E-state index contributed by atoms with van der Waals surface area (Å²) in [6, 6.07) is 19.4. The van der Waals surface area contributed by atoms with Crippen molar-refractivity contribution in [3.05, 3.63) is 71.8 Å². The first-order valence-electron chi connectivity index (χ1n) is 6.82. The van der Waals surface area contributed by atoms with Crippen LogP contribution >= 0.6 is 0 Å². The van der Waals surface area contributed by atoms with E-state index < -0.39 is 0 Å². The molecule has 0 bridgehead atoms. The van der Waals surface area contributed by atoms with Gasteiger partial charge in [0.2, 0.25) is 5.91 Å². The molecule has 0 aliphatic heterocycles. The van der Waals surface area contributed by atoms with E-state index in [2.05, 4.69) is 5.32 Å². The summed E-state index contributed by atoms with van der Waals surface area (Å²) in [5, 5.41) is 3.02. The highest BCUT2D eigenvalue weighted by Crippen LogP contribution is 2.17. The first-order chi connectivity index (χ1) is 9.72. The number of carbonyl (C=O) groups excluding carboxylic acids is 1. The lowest BCUT2D eigenvalue weighted by molar-refractivity contribution is -0.122. The van der Waals surface area contributed by atoms with E-state index in [4.69, 9.17) is 5.73 Å². The van der Waals surface area contributed by atoms with E-state index in [1.165, 1.54) is 0 Å². The summed E-state index contributed by atoms with van der Waals surface area (Å²) in [5.41, 5.74) is 7.82. The second kappa shape index (κ2) is 6.87. The van der Waals surface area contributed by atoms with Crippen molar-refractivity contribution in [2.75, 3.05) is 6.54 Å². The smallest absolute Gasteiger partial charge is 0.227 e. The zero-order valence-corrected chi connectivity index (χ0v) is 11.6. The average molecular weight is 268 g/mol. The second-order valence-corrected chi connectivity index (χ2v) is 4.84. The van der Waals surface area contributed by atoms with Gasteiger partial charge in [0.05, 0.1) is 12.0 Å². The summed E-state index contributed by atoms with van der Waals surface area (Å²) in [7, 11) is 0. The Morgan fingerprint density at radius 3 is 2.00 bits per heavy atom. The molecule has 3 nitrogen and oxygen atoms in total. The molecule has 104 valence electrons. The highest BCUT2D eigenvalue weighted by atomic mass is 16.1. The van der Waals surface area contributed by atoms with Crippen molar-refractivity contribution in [1.29, 1.82) is 0 Å². The number of amides is 1. The minimum Gasteiger partial charge on any atom is -0.347 e. The predicted octanol–water partition coefficient (Wildman–Crippen LogP) is 2.61. The lowest BCUT2D eigenvalue weighted by Crippen LogP contribution is -2.35. The first-order valence-corrected chi connectivity index (χ1v) is 6.82. The second-order valence-electron chi connectivity index (χ2n) is 4.84. The Labute approximate surface area is 119 Å². The third-order valence-corrected chi connectivity index (χ3v) is 3.45. The van der Waals surface area contributed by atoms with Crippen LogP contribution in [0, 0.1) is 0 Å². The lowest BCUT2D eigenvalue weighted by atomic mass is 9.99. The zero-order chi connectivity index (χ0) is 14.4. The van der Waals surface area contributed by atoms with Crippen molar-refractivity contribution < 1.29 is 4.79 Å². The van der Waals surface area contributed by atoms with Gasteiger partial charge in [0.25, 0.3) is 0 Å². The summed E-state index contributed by atoms with van der Waals surface area (Å²) < 4.78 is 0. The maximum Gasteiger partial charge on any atom is 0.227 e. The number of nitrogens with one attached hydrogen (secondary N) is 1. The van der Waals surface area contributed by atoms with Gasteiger partial charge in [0, 0.05) is 6.54 Å². The fourth-order valence-electron chi connectivity index (χ4n) is 2.15. The highest BCUT2D eigenvalue weighted by molar-refractivity contribution is 5.83. The topological polar surface area (TPSA) is 55.1 Å². The van der Waals surface area contributed by atoms with Gasteiger partial charge in [-0.1, -0.05) is 60.7 Å². The number of nitrogens with two attached hydrogens (primary N) is 1. The van der Waals surface area contributed by atoms with E-state index in [1.54, 1.807) is 0 Å². The molecule has 0 aliphatic carbocycles. The number of hydrogen-bond donors (Lipinski definition) is 2. The van der Waals surface area contributed by atoms with E-state index in [0.717, 1.165) is 11.1 Å². The summed E-state index contributed by atoms with van der Waals surface area (Å²) in [5.74, 6) is -0.190. The molecular weight excluding hydrogens is 248 g/mol. The van der Waals surface area contributed by atoms with E-state index in [9.17, 15) is 4.79 Å². The predicted molar refractivity (Wildman–Crippen MR) is 81.2 cm³/mol. The Bertz CT molecular complexity index is 539. The maximum atomic E-state index is 12.3. The molecular formula is C17H20N2O. The van der Waals surface area contributed by atoms with Crippen molar-refractivity contribution in [2.45, 2.75) is 18.9 Å². The summed E-state index contributed by atoms with van der Waals surface area (Å²) in [4.78, 5) is 12.3. The molecule has 1 amide bonds. The van der Waals surface area contributed by atoms with Crippen LogP contribution in [0.4, 0.5) is 0 Å². The molecule has 0 heterocycles. The molecule has 20 heavy (non-hydrogen) atoms. The largest absolute Gasteiger partial charge is 0.347 e. The fraction of sp³-hybridized carbons (Fsp3) is 0.235. The van der Waals surface area contributed by atoms with Gasteiger partial charge in [0.1, 0.15) is 0 Å². The van der Waals surface area contributed by atoms with Gasteiger partial charge in [-0.25, -0.2) is 0 Å². The van der Waals surface area contributed by atoms with Crippen LogP contribution < -0.4 is 11.1 Å². The van der Waals surface area contributed by atoms with Gasteiger partial charge in [-0.05, 0) is 18.1 Å². The Balaban J connectivity index is 2.06. The van der Waals surface area contributed by atoms with Gasteiger partial charge < -0.3 is 11.1 Å². The van der Waals surface area contributed by atoms with Crippen molar-refractivity contribution >= 4 is 5.91 Å². The van der Waals surface area contributed by atoms with Gasteiger partial charge in [0.15, 0.2) is 0 Å². The third kappa shape index (κ3) is 3.45. The Kier molecular flexibility index (Phi) is 4.91. The average Bonchev–Trinajstić information content (AvgIpc) is 2.53. The molecule has 0 aliphatic rings. The number of hydrogen-bond acceptors (Lipinski definition) is 2. The molecule has 3 N–H and O–H groups in total. The van der Waals surface area contributed by atoms with Crippen LogP contribution in [0.2, 0.25) is 0 Å². The first kappa shape index (κ1) is 14.3. The number of carbonyl (C=O) groups is 1. The Morgan fingerprint density at radius 1 is 1.00 bits per heavy atom. The quantitative estimate of drug-likeness (QED) is 0.875. The van der Waals surface area contributed by atoms with Gasteiger partial charge in [-0.3, -0.25) is 4.79 Å². The van der Waals surface area contributed by atoms with Crippen LogP contribution in [0.3, 0.4) is 0 Å². The van der Waals surface area contributed by atoms with Crippen molar-refractivity contribution in [2.24, 2.45) is 5.73 Å². The molecule has 2 rings (SSSR count). The van der Waals surface area contributed by atoms with Gasteiger partial charge in [-0.2, -0.15) is 0 Å². The Hall–Kier alpha value is -2.13. The van der Waals surface area contributed by atoms with Crippen LogP contribution in [0.25, 0.3) is 0 Å². The van der Waals surface area contributed by atoms with E-state index in [0.29, 0.717) is 6.54 Å². The molecule has 2 aromatic rings. The molecule has 3 heteroatoms. The summed E-state index contributed by atoms with van der Waals surface area (Å²) >= 11 is 0. The van der Waals surface area contributed by atoms with E-state index in [1.807, 2.05) is 67.6 Å². The molecule has 0 fully saturated rings. The minimum absolute atomic E-state index is 0.00416. The molecule has 2 aromatic carbocycles. The van der Waals surface area contributed by atoms with E-state index in [-0.39, 0.29) is 17.9 Å². The summed E-state index contributed by atoms with van der Waals surface area (Å²) in [6.45, 7) is 2.29. The number of benzene rings is 2. The van der Waals surface area contributed by atoms with Gasteiger partial charge in [-0.15, -0.1) is 0 Å². The zero-order valence-electron chi connectivity index (χ0n) is 11.6. The van der Waals surface area contributed by atoms with Crippen LogP contribution in [0.15, 0.2) is 60.7 Å². The molecule has 2 atom stereocenters. The molecule has 0 aromatic heterocycles. The SMILES string of the molecule is CC(C(=O)NC(CN)c1ccccc1)c1ccccc1. The third-order valence-electron chi connectivity index (χ3n) is 3.45. The molecule has 0 saturated carbocycles.